The smallest absolute Gasteiger partial charge is 0.203 e. The molecule has 0 bridgehead atoms. The van der Waals surface area contributed by atoms with Gasteiger partial charge in [0.05, 0.1) is 25.9 Å². The van der Waals surface area contributed by atoms with Crippen molar-refractivity contribution in [2.75, 3.05) is 52.5 Å². The van der Waals surface area contributed by atoms with Gasteiger partial charge in [-0.25, -0.2) is 0 Å². The molecule has 0 N–H and O–H groups in total. The number of ether oxygens (including phenoxy) is 3. The Morgan fingerprint density at radius 3 is 1.74 bits per heavy atom. The molecule has 0 spiro atoms. The zero-order valence-corrected chi connectivity index (χ0v) is 23.6. The molecule has 39 heavy (non-hydrogen) atoms. The highest BCUT2D eigenvalue weighted by molar-refractivity contribution is 5.62. The third-order valence-corrected chi connectivity index (χ3v) is 6.83. The minimum absolute atomic E-state index is 0.297. The Balaban J connectivity index is 1.34. The van der Waals surface area contributed by atoms with E-state index in [4.69, 9.17) is 14.2 Å². The summed E-state index contributed by atoms with van der Waals surface area (Å²) in [6.07, 6.45) is 8.53. The standard InChI is InChI=1S/C34H42N2O3/c1-4-37-31-26-28(27-32(38-5-2)34(31)39-6-3)16-10-9-15-21-35-22-24-36(25-23-35)33(29-17-11-7-12-18-29)30-19-13-8-14-20-30/h7-20,26-27,33H,4-6,21-25H2,1-3H3/b15-9+,16-10+. The highest BCUT2D eigenvalue weighted by Crippen LogP contribution is 2.39. The molecule has 5 nitrogen and oxygen atoms in total. The number of hydrogen-bond donors (Lipinski definition) is 0. The molecule has 1 aliphatic rings. The van der Waals surface area contributed by atoms with Gasteiger partial charge in [0.1, 0.15) is 0 Å². The highest BCUT2D eigenvalue weighted by Gasteiger charge is 2.25. The second-order valence-corrected chi connectivity index (χ2v) is 9.49. The molecule has 3 aromatic rings. The maximum absolute atomic E-state index is 5.84. The fraction of sp³-hybridized carbons (Fsp3) is 0.353. The molecule has 206 valence electrons. The van der Waals surface area contributed by atoms with Gasteiger partial charge in [-0.2, -0.15) is 0 Å². The summed E-state index contributed by atoms with van der Waals surface area (Å²) in [5, 5.41) is 0. The van der Waals surface area contributed by atoms with Gasteiger partial charge in [-0.1, -0.05) is 85.0 Å². The van der Waals surface area contributed by atoms with Gasteiger partial charge in [0.2, 0.25) is 5.75 Å². The van der Waals surface area contributed by atoms with Gasteiger partial charge in [-0.05, 0) is 49.6 Å². The molecule has 0 unspecified atom stereocenters. The third kappa shape index (κ3) is 7.98. The zero-order valence-electron chi connectivity index (χ0n) is 23.6. The lowest BCUT2D eigenvalue weighted by Gasteiger charge is -2.39. The number of piperazine rings is 1. The van der Waals surface area contributed by atoms with E-state index in [1.54, 1.807) is 0 Å². The van der Waals surface area contributed by atoms with E-state index >= 15 is 0 Å². The van der Waals surface area contributed by atoms with Crippen molar-refractivity contribution in [3.8, 4) is 17.2 Å². The Hall–Kier alpha value is -3.54. The van der Waals surface area contributed by atoms with Crippen molar-refractivity contribution in [3.05, 3.63) is 108 Å². The van der Waals surface area contributed by atoms with Crippen molar-refractivity contribution in [2.24, 2.45) is 0 Å². The van der Waals surface area contributed by atoms with Gasteiger partial charge < -0.3 is 14.2 Å². The Bertz CT molecular complexity index is 1120. The fourth-order valence-corrected chi connectivity index (χ4v) is 5.05. The summed E-state index contributed by atoms with van der Waals surface area (Å²) >= 11 is 0. The third-order valence-electron chi connectivity index (χ3n) is 6.83. The van der Waals surface area contributed by atoms with Crippen LogP contribution in [0, 0.1) is 0 Å². The molecule has 1 aliphatic heterocycles. The molecule has 1 fully saturated rings. The van der Waals surface area contributed by atoms with Crippen molar-refractivity contribution in [3.63, 3.8) is 0 Å². The average molecular weight is 527 g/mol. The molecule has 0 aromatic heterocycles. The molecule has 4 rings (SSSR count). The number of rotatable bonds is 13. The molecule has 0 atom stereocenters. The van der Waals surface area contributed by atoms with Gasteiger partial charge >= 0.3 is 0 Å². The van der Waals surface area contributed by atoms with E-state index in [2.05, 4.69) is 94.8 Å². The van der Waals surface area contributed by atoms with Crippen LogP contribution in [0.15, 0.2) is 91.0 Å². The van der Waals surface area contributed by atoms with Gasteiger partial charge in [0.15, 0.2) is 11.5 Å². The van der Waals surface area contributed by atoms with Crippen molar-refractivity contribution < 1.29 is 14.2 Å². The van der Waals surface area contributed by atoms with Crippen LogP contribution < -0.4 is 14.2 Å². The van der Waals surface area contributed by atoms with Crippen LogP contribution in [0.4, 0.5) is 0 Å². The van der Waals surface area contributed by atoms with Crippen LogP contribution in [-0.4, -0.2) is 62.3 Å². The number of allylic oxidation sites excluding steroid dienone is 2. The van der Waals surface area contributed by atoms with E-state index in [1.807, 2.05) is 32.9 Å². The lowest BCUT2D eigenvalue weighted by molar-refractivity contribution is 0.117. The first kappa shape index (κ1) is 28.5. The molecular formula is C34H42N2O3. The average Bonchev–Trinajstić information content (AvgIpc) is 2.97. The predicted molar refractivity (Wildman–Crippen MR) is 161 cm³/mol. The SMILES string of the molecule is CCOc1cc(/C=C/C=C/CN2CCN(C(c3ccccc3)c3ccccc3)CC2)cc(OCC)c1OCC. The number of benzene rings is 3. The van der Waals surface area contributed by atoms with Crippen LogP contribution in [-0.2, 0) is 0 Å². The topological polar surface area (TPSA) is 34.2 Å². The van der Waals surface area contributed by atoms with Crippen LogP contribution >= 0.6 is 0 Å². The van der Waals surface area contributed by atoms with E-state index in [0.717, 1.165) is 49.8 Å². The monoisotopic (exact) mass is 526 g/mol. The van der Waals surface area contributed by atoms with E-state index in [1.165, 1.54) is 11.1 Å². The molecular weight excluding hydrogens is 484 g/mol. The Morgan fingerprint density at radius 2 is 1.23 bits per heavy atom. The van der Waals surface area contributed by atoms with Crippen LogP contribution in [0.25, 0.3) is 6.08 Å². The first-order valence-corrected chi connectivity index (χ1v) is 14.2. The largest absolute Gasteiger partial charge is 0.490 e. The van der Waals surface area contributed by atoms with Gasteiger partial charge in [0.25, 0.3) is 0 Å². The van der Waals surface area contributed by atoms with Crippen molar-refractivity contribution >= 4 is 6.08 Å². The number of nitrogens with zero attached hydrogens (tertiary/aromatic N) is 2. The van der Waals surface area contributed by atoms with Gasteiger partial charge in [-0.15, -0.1) is 0 Å². The number of hydrogen-bond acceptors (Lipinski definition) is 5. The minimum atomic E-state index is 0.297. The van der Waals surface area contributed by atoms with Crippen LogP contribution in [0.3, 0.4) is 0 Å². The van der Waals surface area contributed by atoms with Crippen LogP contribution in [0.5, 0.6) is 17.2 Å². The summed E-state index contributed by atoms with van der Waals surface area (Å²) in [4.78, 5) is 5.13. The molecule has 0 radical (unpaired) electrons. The van der Waals surface area contributed by atoms with Crippen molar-refractivity contribution in [2.45, 2.75) is 26.8 Å². The molecule has 5 heteroatoms. The van der Waals surface area contributed by atoms with E-state index in [-0.39, 0.29) is 0 Å². The molecule has 3 aromatic carbocycles. The summed E-state index contributed by atoms with van der Waals surface area (Å²) < 4.78 is 17.5. The van der Waals surface area contributed by atoms with E-state index in [9.17, 15) is 0 Å². The Morgan fingerprint density at radius 1 is 0.692 bits per heavy atom. The van der Waals surface area contributed by atoms with Crippen molar-refractivity contribution in [1.82, 2.24) is 9.80 Å². The highest BCUT2D eigenvalue weighted by atomic mass is 16.5. The Labute approximate surface area is 234 Å². The van der Waals surface area contributed by atoms with Crippen LogP contribution in [0.1, 0.15) is 43.5 Å². The quantitative estimate of drug-likeness (QED) is 0.227. The summed E-state index contributed by atoms with van der Waals surface area (Å²) in [5.41, 5.74) is 3.74. The first-order valence-electron chi connectivity index (χ1n) is 14.2. The van der Waals surface area contributed by atoms with Crippen molar-refractivity contribution in [1.29, 1.82) is 0 Å². The maximum Gasteiger partial charge on any atom is 0.203 e. The van der Waals surface area contributed by atoms with Gasteiger partial charge in [0, 0.05) is 32.7 Å². The van der Waals surface area contributed by atoms with E-state index < -0.39 is 0 Å². The zero-order chi connectivity index (χ0) is 27.3. The summed E-state index contributed by atoms with van der Waals surface area (Å²) in [6.45, 7) is 12.8. The lowest BCUT2D eigenvalue weighted by Crippen LogP contribution is -2.47. The molecule has 0 aliphatic carbocycles. The first-order chi connectivity index (χ1) is 19.2. The maximum atomic E-state index is 5.84. The second-order valence-electron chi connectivity index (χ2n) is 9.49. The Kier molecular flexibility index (Phi) is 11.1. The normalized spacial score (nSPS) is 14.9. The predicted octanol–water partition coefficient (Wildman–Crippen LogP) is 6.86. The molecule has 0 saturated carbocycles. The summed E-state index contributed by atoms with van der Waals surface area (Å²) in [5.74, 6) is 2.11. The molecule has 1 saturated heterocycles. The minimum Gasteiger partial charge on any atom is -0.490 e. The lowest BCUT2D eigenvalue weighted by atomic mass is 9.96. The van der Waals surface area contributed by atoms with E-state index in [0.29, 0.717) is 31.6 Å². The van der Waals surface area contributed by atoms with Crippen LogP contribution in [0.2, 0.25) is 0 Å². The molecule has 0 amide bonds. The second kappa shape index (κ2) is 15.2. The van der Waals surface area contributed by atoms with Gasteiger partial charge in [-0.3, -0.25) is 9.80 Å². The fourth-order valence-electron chi connectivity index (χ4n) is 5.05. The summed E-state index contributed by atoms with van der Waals surface area (Å²) in [6, 6.07) is 26.1. The molecule has 1 heterocycles. The summed E-state index contributed by atoms with van der Waals surface area (Å²) in [7, 11) is 0.